The third kappa shape index (κ3) is 3.46. The Morgan fingerprint density at radius 2 is 2.14 bits per heavy atom. The van der Waals surface area contributed by atoms with Crippen LogP contribution in [0.3, 0.4) is 0 Å². The summed E-state index contributed by atoms with van der Waals surface area (Å²) in [5.74, 6) is -0.643. The number of nitrogens with one attached hydrogen (secondary N) is 1. The van der Waals surface area contributed by atoms with Gasteiger partial charge in [0.1, 0.15) is 10.8 Å². The van der Waals surface area contributed by atoms with Crippen LogP contribution in [0.5, 0.6) is 0 Å². The second-order valence-electron chi connectivity index (χ2n) is 4.98. The third-order valence-electron chi connectivity index (χ3n) is 2.85. The highest BCUT2D eigenvalue weighted by atomic mass is 32.2. The van der Waals surface area contributed by atoms with E-state index >= 15 is 0 Å². The average Bonchev–Trinajstić information content (AvgIpc) is 2.92. The van der Waals surface area contributed by atoms with Gasteiger partial charge in [0.15, 0.2) is 0 Å². The van der Waals surface area contributed by atoms with Gasteiger partial charge in [-0.05, 0) is 32.0 Å². The molecule has 1 aromatic carbocycles. The number of benzene rings is 1. The molecular weight excluding hydrogens is 315 g/mol. The number of aliphatic hydroxyl groups excluding tert-OH is 1. The number of aliphatic hydroxyl groups is 1. The zero-order chi connectivity index (χ0) is 15.7. The first-order valence-corrected chi connectivity index (χ1v) is 8.46. The lowest BCUT2D eigenvalue weighted by atomic mass is 10.1. The SMILES string of the molecule is CC(C)(NS(=O)(=O)c1ccc(F)c(CO)c1)c1nccs1. The van der Waals surface area contributed by atoms with Crippen molar-refractivity contribution in [1.82, 2.24) is 9.71 Å². The van der Waals surface area contributed by atoms with Gasteiger partial charge in [0.2, 0.25) is 10.0 Å². The minimum Gasteiger partial charge on any atom is -0.392 e. The molecular formula is C13H15FN2O3S2. The Bertz CT molecular complexity index is 728. The molecule has 8 heteroatoms. The van der Waals surface area contributed by atoms with Crippen LogP contribution in [0, 0.1) is 5.82 Å². The average molecular weight is 330 g/mol. The van der Waals surface area contributed by atoms with E-state index in [-0.39, 0.29) is 10.5 Å². The summed E-state index contributed by atoms with van der Waals surface area (Å²) in [6.07, 6.45) is 1.60. The number of thiazole rings is 1. The van der Waals surface area contributed by atoms with E-state index in [2.05, 4.69) is 9.71 Å². The maximum absolute atomic E-state index is 13.3. The van der Waals surface area contributed by atoms with Crippen molar-refractivity contribution in [3.8, 4) is 0 Å². The fourth-order valence-corrected chi connectivity index (χ4v) is 4.02. The molecule has 0 fully saturated rings. The Morgan fingerprint density at radius 1 is 1.43 bits per heavy atom. The molecule has 0 radical (unpaired) electrons. The van der Waals surface area contributed by atoms with Gasteiger partial charge in [-0.15, -0.1) is 11.3 Å². The van der Waals surface area contributed by atoms with E-state index in [0.717, 1.165) is 18.2 Å². The maximum Gasteiger partial charge on any atom is 0.241 e. The van der Waals surface area contributed by atoms with Gasteiger partial charge >= 0.3 is 0 Å². The van der Waals surface area contributed by atoms with Crippen LogP contribution in [-0.2, 0) is 22.2 Å². The van der Waals surface area contributed by atoms with Crippen molar-refractivity contribution in [3.63, 3.8) is 0 Å². The molecule has 0 aliphatic heterocycles. The van der Waals surface area contributed by atoms with Crippen molar-refractivity contribution in [1.29, 1.82) is 0 Å². The predicted octanol–water partition coefficient (Wildman–Crippen LogP) is 1.99. The molecule has 0 atom stereocenters. The van der Waals surface area contributed by atoms with Gasteiger partial charge in [-0.25, -0.2) is 17.8 Å². The van der Waals surface area contributed by atoms with E-state index in [9.17, 15) is 12.8 Å². The van der Waals surface area contributed by atoms with E-state index in [1.165, 1.54) is 11.3 Å². The number of hydrogen-bond donors (Lipinski definition) is 2. The van der Waals surface area contributed by atoms with Crippen molar-refractivity contribution < 1.29 is 17.9 Å². The minimum absolute atomic E-state index is 0.0649. The number of sulfonamides is 1. The number of hydrogen-bond acceptors (Lipinski definition) is 5. The van der Waals surface area contributed by atoms with E-state index < -0.39 is 28.0 Å². The van der Waals surface area contributed by atoms with Crippen LogP contribution in [0.25, 0.3) is 0 Å². The monoisotopic (exact) mass is 330 g/mol. The number of halogens is 1. The molecule has 21 heavy (non-hydrogen) atoms. The third-order valence-corrected chi connectivity index (χ3v) is 5.60. The summed E-state index contributed by atoms with van der Waals surface area (Å²) in [7, 11) is -3.85. The van der Waals surface area contributed by atoms with Gasteiger partial charge in [0, 0.05) is 17.1 Å². The summed E-state index contributed by atoms with van der Waals surface area (Å²) >= 11 is 1.34. The van der Waals surface area contributed by atoms with Crippen LogP contribution in [0.2, 0.25) is 0 Å². The molecule has 0 saturated heterocycles. The highest BCUT2D eigenvalue weighted by molar-refractivity contribution is 7.89. The van der Waals surface area contributed by atoms with Gasteiger partial charge in [0.25, 0.3) is 0 Å². The molecule has 0 aliphatic carbocycles. The van der Waals surface area contributed by atoms with Crippen LogP contribution in [0.15, 0.2) is 34.7 Å². The summed E-state index contributed by atoms with van der Waals surface area (Å²) < 4.78 is 40.6. The lowest BCUT2D eigenvalue weighted by molar-refractivity contribution is 0.275. The molecule has 0 aliphatic rings. The number of aromatic nitrogens is 1. The summed E-state index contributed by atoms with van der Waals surface area (Å²) in [5.41, 5.74) is -0.953. The number of rotatable bonds is 5. The molecule has 0 saturated carbocycles. The Balaban J connectivity index is 2.35. The summed E-state index contributed by atoms with van der Waals surface area (Å²) in [6.45, 7) is 2.82. The highest BCUT2D eigenvalue weighted by Crippen LogP contribution is 2.25. The van der Waals surface area contributed by atoms with E-state index in [4.69, 9.17) is 5.11 Å². The van der Waals surface area contributed by atoms with Gasteiger partial charge < -0.3 is 5.11 Å². The molecule has 2 aromatic rings. The second-order valence-corrected chi connectivity index (χ2v) is 7.56. The Kier molecular flexibility index (Phi) is 4.43. The van der Waals surface area contributed by atoms with Gasteiger partial charge in [-0.1, -0.05) is 0 Å². The first-order chi connectivity index (χ1) is 9.76. The molecule has 0 unspecified atom stereocenters. The molecule has 5 nitrogen and oxygen atoms in total. The quantitative estimate of drug-likeness (QED) is 0.879. The van der Waals surface area contributed by atoms with Gasteiger partial charge in [-0.3, -0.25) is 0 Å². The zero-order valence-corrected chi connectivity index (χ0v) is 13.1. The summed E-state index contributed by atoms with van der Waals surface area (Å²) in [5, 5.41) is 11.4. The molecule has 0 amide bonds. The molecule has 1 aromatic heterocycles. The van der Waals surface area contributed by atoms with Gasteiger partial charge in [0.05, 0.1) is 17.0 Å². The molecule has 114 valence electrons. The van der Waals surface area contributed by atoms with Crippen LogP contribution >= 0.6 is 11.3 Å². The lowest BCUT2D eigenvalue weighted by Crippen LogP contribution is -2.40. The van der Waals surface area contributed by atoms with Crippen molar-refractivity contribution in [2.75, 3.05) is 0 Å². The van der Waals surface area contributed by atoms with Crippen molar-refractivity contribution >= 4 is 21.4 Å². The van der Waals surface area contributed by atoms with Crippen LogP contribution in [-0.4, -0.2) is 18.5 Å². The molecule has 0 bridgehead atoms. The Hall–Kier alpha value is -1.35. The standard InChI is InChI=1S/C13H15FN2O3S2/c1-13(2,12-15-5-6-20-12)16-21(18,19)10-3-4-11(14)9(7-10)8-17/h3-7,16-17H,8H2,1-2H3. The first kappa shape index (κ1) is 16.0. The van der Waals surface area contributed by atoms with Crippen molar-refractivity contribution in [2.45, 2.75) is 30.9 Å². The highest BCUT2D eigenvalue weighted by Gasteiger charge is 2.30. The Labute approximate surface area is 126 Å². The largest absolute Gasteiger partial charge is 0.392 e. The van der Waals surface area contributed by atoms with E-state index in [1.807, 2.05) is 0 Å². The summed E-state index contributed by atoms with van der Waals surface area (Å²) in [4.78, 5) is 4.01. The van der Waals surface area contributed by atoms with Crippen molar-refractivity contribution in [2.24, 2.45) is 0 Å². The van der Waals surface area contributed by atoms with Crippen LogP contribution in [0.4, 0.5) is 4.39 Å². The molecule has 2 N–H and O–H groups in total. The van der Waals surface area contributed by atoms with E-state index in [1.54, 1.807) is 25.4 Å². The fourth-order valence-electron chi connectivity index (χ4n) is 1.81. The first-order valence-electron chi connectivity index (χ1n) is 6.09. The lowest BCUT2D eigenvalue weighted by Gasteiger charge is -2.23. The fraction of sp³-hybridized carbons (Fsp3) is 0.308. The smallest absolute Gasteiger partial charge is 0.241 e. The zero-order valence-electron chi connectivity index (χ0n) is 11.5. The van der Waals surface area contributed by atoms with Crippen LogP contribution in [0.1, 0.15) is 24.4 Å². The van der Waals surface area contributed by atoms with Crippen LogP contribution < -0.4 is 4.72 Å². The van der Waals surface area contributed by atoms with Crippen molar-refractivity contribution in [3.05, 3.63) is 46.2 Å². The molecule has 0 spiro atoms. The summed E-state index contributed by atoms with van der Waals surface area (Å²) in [6, 6.07) is 3.31. The molecule has 1 heterocycles. The van der Waals surface area contributed by atoms with Gasteiger partial charge in [-0.2, -0.15) is 4.72 Å². The minimum atomic E-state index is -3.85. The number of nitrogens with zero attached hydrogens (tertiary/aromatic N) is 1. The predicted molar refractivity (Wildman–Crippen MR) is 77.8 cm³/mol. The normalized spacial score (nSPS) is 12.6. The topological polar surface area (TPSA) is 79.3 Å². The Morgan fingerprint density at radius 3 is 2.71 bits per heavy atom. The second kappa shape index (κ2) is 5.80. The van der Waals surface area contributed by atoms with E-state index in [0.29, 0.717) is 5.01 Å². The maximum atomic E-state index is 13.3. The molecule has 2 rings (SSSR count).